The summed E-state index contributed by atoms with van der Waals surface area (Å²) in [4.78, 5) is 27.4. The topological polar surface area (TPSA) is 71.1 Å². The van der Waals surface area contributed by atoms with Gasteiger partial charge in [0.15, 0.2) is 0 Å². The number of benzene rings is 2. The molecule has 0 fully saturated rings. The third-order valence-electron chi connectivity index (χ3n) is 3.94. The van der Waals surface area contributed by atoms with Gasteiger partial charge in [0.2, 0.25) is 11.8 Å². The minimum Gasteiger partial charge on any atom is -0.356 e. The van der Waals surface area contributed by atoms with Crippen molar-refractivity contribution in [3.8, 4) is 21.8 Å². The number of nitrogens with one attached hydrogen (secondary N) is 2. The third kappa shape index (κ3) is 5.49. The van der Waals surface area contributed by atoms with Gasteiger partial charge in [0.1, 0.15) is 5.01 Å². The molecule has 0 aliphatic heterocycles. The van der Waals surface area contributed by atoms with E-state index in [4.69, 9.17) is 4.98 Å². The molecular formula is C21H21N3O2S. The highest BCUT2D eigenvalue weighted by Gasteiger charge is 2.07. The zero-order chi connectivity index (χ0) is 19.1. The van der Waals surface area contributed by atoms with Crippen LogP contribution in [0.2, 0.25) is 0 Å². The van der Waals surface area contributed by atoms with Gasteiger partial charge in [-0.15, -0.1) is 11.3 Å². The Labute approximate surface area is 162 Å². The molecular weight excluding hydrogens is 358 g/mol. The molecule has 138 valence electrons. The van der Waals surface area contributed by atoms with Gasteiger partial charge < -0.3 is 10.6 Å². The number of amides is 2. The molecule has 1 aromatic heterocycles. The summed E-state index contributed by atoms with van der Waals surface area (Å²) in [7, 11) is 0. The summed E-state index contributed by atoms with van der Waals surface area (Å²) in [5, 5.41) is 8.55. The molecule has 0 spiro atoms. The molecule has 2 amide bonds. The Bertz CT molecular complexity index is 905. The van der Waals surface area contributed by atoms with Crippen molar-refractivity contribution >= 4 is 28.8 Å². The van der Waals surface area contributed by atoms with Crippen LogP contribution in [0.15, 0.2) is 60.0 Å². The molecule has 0 unspecified atom stereocenters. The highest BCUT2D eigenvalue weighted by atomic mass is 32.1. The summed E-state index contributed by atoms with van der Waals surface area (Å²) < 4.78 is 0. The van der Waals surface area contributed by atoms with Crippen LogP contribution in [-0.4, -0.2) is 23.3 Å². The fourth-order valence-electron chi connectivity index (χ4n) is 2.58. The Balaban J connectivity index is 1.57. The van der Waals surface area contributed by atoms with Gasteiger partial charge in [-0.05, 0) is 30.7 Å². The number of carbonyl (C=O) groups is 2. The van der Waals surface area contributed by atoms with Crippen molar-refractivity contribution in [2.45, 2.75) is 19.8 Å². The lowest BCUT2D eigenvalue weighted by molar-refractivity contribution is -0.119. The van der Waals surface area contributed by atoms with Crippen molar-refractivity contribution < 1.29 is 9.59 Å². The molecule has 0 saturated heterocycles. The van der Waals surface area contributed by atoms with Gasteiger partial charge in [-0.1, -0.05) is 30.3 Å². The monoisotopic (exact) mass is 379 g/mol. The van der Waals surface area contributed by atoms with Crippen molar-refractivity contribution in [1.82, 2.24) is 10.3 Å². The van der Waals surface area contributed by atoms with E-state index >= 15 is 0 Å². The van der Waals surface area contributed by atoms with Gasteiger partial charge in [-0.3, -0.25) is 9.59 Å². The minimum atomic E-state index is -0.0800. The molecule has 2 N–H and O–H groups in total. The molecule has 5 nitrogen and oxygen atoms in total. The average Bonchev–Trinajstić information content (AvgIpc) is 3.17. The fraction of sp³-hybridized carbons (Fsp3) is 0.190. The molecule has 0 bridgehead atoms. The fourth-order valence-corrected chi connectivity index (χ4v) is 3.42. The zero-order valence-corrected chi connectivity index (χ0v) is 15.9. The predicted octanol–water partition coefficient (Wildman–Crippen LogP) is 4.33. The predicted molar refractivity (Wildman–Crippen MR) is 110 cm³/mol. The van der Waals surface area contributed by atoms with E-state index in [9.17, 15) is 9.59 Å². The highest BCUT2D eigenvalue weighted by molar-refractivity contribution is 7.13. The van der Waals surface area contributed by atoms with Gasteiger partial charge in [0, 0.05) is 42.1 Å². The van der Waals surface area contributed by atoms with Crippen LogP contribution in [0.3, 0.4) is 0 Å². The quantitative estimate of drug-likeness (QED) is 0.600. The summed E-state index contributed by atoms with van der Waals surface area (Å²) in [5.74, 6) is -0.141. The molecule has 0 atom stereocenters. The summed E-state index contributed by atoms with van der Waals surface area (Å²) in [5.41, 5.74) is 3.84. The van der Waals surface area contributed by atoms with Gasteiger partial charge in [-0.25, -0.2) is 4.98 Å². The van der Waals surface area contributed by atoms with Crippen molar-refractivity contribution in [1.29, 1.82) is 0 Å². The molecule has 0 radical (unpaired) electrons. The molecule has 1 heterocycles. The number of nitrogens with zero attached hydrogens (tertiary/aromatic N) is 1. The largest absolute Gasteiger partial charge is 0.356 e. The third-order valence-corrected chi connectivity index (χ3v) is 4.84. The second-order valence-corrected chi connectivity index (χ2v) is 6.97. The summed E-state index contributed by atoms with van der Waals surface area (Å²) in [6.07, 6.45) is 0.986. The van der Waals surface area contributed by atoms with Crippen molar-refractivity contribution in [3.63, 3.8) is 0 Å². The zero-order valence-electron chi connectivity index (χ0n) is 15.1. The van der Waals surface area contributed by atoms with E-state index in [1.807, 2.05) is 54.6 Å². The van der Waals surface area contributed by atoms with E-state index in [2.05, 4.69) is 16.0 Å². The number of anilines is 1. The van der Waals surface area contributed by atoms with Gasteiger partial charge in [0.25, 0.3) is 0 Å². The first-order valence-corrected chi connectivity index (χ1v) is 9.65. The lowest BCUT2D eigenvalue weighted by Gasteiger charge is -2.06. The number of thiazole rings is 1. The molecule has 3 aromatic rings. The van der Waals surface area contributed by atoms with Gasteiger partial charge in [-0.2, -0.15) is 0 Å². The maximum atomic E-state index is 11.9. The SMILES string of the molecule is CC(=O)NCCCC(=O)Nc1ccc(-c2nc(-c3ccccc3)cs2)cc1. The Hall–Kier alpha value is -2.99. The first-order valence-electron chi connectivity index (χ1n) is 8.77. The number of aromatic nitrogens is 1. The van der Waals surface area contributed by atoms with Crippen molar-refractivity contribution in [2.75, 3.05) is 11.9 Å². The Morgan fingerprint density at radius 3 is 2.44 bits per heavy atom. The van der Waals surface area contributed by atoms with E-state index in [1.165, 1.54) is 6.92 Å². The number of hydrogen-bond acceptors (Lipinski definition) is 4. The highest BCUT2D eigenvalue weighted by Crippen LogP contribution is 2.29. The van der Waals surface area contributed by atoms with Crippen LogP contribution in [-0.2, 0) is 9.59 Å². The lowest BCUT2D eigenvalue weighted by Crippen LogP contribution is -2.22. The summed E-state index contributed by atoms with van der Waals surface area (Å²) >= 11 is 1.60. The minimum absolute atomic E-state index is 0.0614. The van der Waals surface area contributed by atoms with Crippen LogP contribution in [0.25, 0.3) is 21.8 Å². The molecule has 3 rings (SSSR count). The van der Waals surface area contributed by atoms with Crippen LogP contribution in [0.1, 0.15) is 19.8 Å². The molecule has 2 aromatic carbocycles. The first-order chi connectivity index (χ1) is 13.1. The second kappa shape index (κ2) is 9.09. The van der Waals surface area contributed by atoms with Crippen LogP contribution in [0.4, 0.5) is 5.69 Å². The Kier molecular flexibility index (Phi) is 6.33. The van der Waals surface area contributed by atoms with Crippen LogP contribution < -0.4 is 10.6 Å². The van der Waals surface area contributed by atoms with E-state index in [0.717, 1.165) is 27.5 Å². The smallest absolute Gasteiger partial charge is 0.224 e. The number of carbonyl (C=O) groups excluding carboxylic acids is 2. The standard InChI is InChI=1S/C21H21N3O2S/c1-15(25)22-13-5-8-20(26)23-18-11-9-17(10-12-18)21-24-19(14-27-21)16-6-3-2-4-7-16/h2-4,6-7,9-12,14H,5,8,13H2,1H3,(H,22,25)(H,23,26). The van der Waals surface area contributed by atoms with Crippen molar-refractivity contribution in [2.24, 2.45) is 0 Å². The maximum absolute atomic E-state index is 11.9. The van der Waals surface area contributed by atoms with Gasteiger partial charge >= 0.3 is 0 Å². The Morgan fingerprint density at radius 2 is 1.74 bits per heavy atom. The summed E-state index contributed by atoms with van der Waals surface area (Å²) in [6.45, 7) is 1.97. The summed E-state index contributed by atoms with van der Waals surface area (Å²) in [6, 6.07) is 17.8. The van der Waals surface area contributed by atoms with Crippen LogP contribution >= 0.6 is 11.3 Å². The van der Waals surface area contributed by atoms with E-state index in [-0.39, 0.29) is 11.8 Å². The van der Waals surface area contributed by atoms with E-state index in [0.29, 0.717) is 19.4 Å². The van der Waals surface area contributed by atoms with Gasteiger partial charge in [0.05, 0.1) is 5.69 Å². The van der Waals surface area contributed by atoms with E-state index in [1.54, 1.807) is 11.3 Å². The normalized spacial score (nSPS) is 10.4. The van der Waals surface area contributed by atoms with Crippen molar-refractivity contribution in [3.05, 3.63) is 60.0 Å². The number of rotatable bonds is 7. The molecule has 0 saturated carbocycles. The average molecular weight is 379 g/mol. The molecule has 0 aliphatic carbocycles. The molecule has 0 aliphatic rings. The lowest BCUT2D eigenvalue weighted by atomic mass is 10.2. The first kappa shape index (κ1) is 18.8. The number of hydrogen-bond donors (Lipinski definition) is 2. The second-order valence-electron chi connectivity index (χ2n) is 6.12. The maximum Gasteiger partial charge on any atom is 0.224 e. The van der Waals surface area contributed by atoms with E-state index < -0.39 is 0 Å². The Morgan fingerprint density at radius 1 is 1.00 bits per heavy atom. The van der Waals surface area contributed by atoms with Crippen LogP contribution in [0.5, 0.6) is 0 Å². The molecule has 27 heavy (non-hydrogen) atoms. The van der Waals surface area contributed by atoms with Crippen LogP contribution in [0, 0.1) is 0 Å². The molecule has 6 heteroatoms.